The normalized spacial score (nSPS) is 27.2. The van der Waals surface area contributed by atoms with Crippen molar-refractivity contribution in [2.45, 2.75) is 39.5 Å². The van der Waals surface area contributed by atoms with E-state index in [1.807, 2.05) is 31.2 Å². The number of imide groups is 2. The molecule has 11 nitrogen and oxygen atoms in total. The van der Waals surface area contributed by atoms with E-state index < -0.39 is 46.8 Å². The molecule has 2 aromatic heterocycles. The highest BCUT2D eigenvalue weighted by molar-refractivity contribution is 7.22. The number of nitrogens with zero attached hydrogens (tertiary/aromatic N) is 4. The lowest BCUT2D eigenvalue weighted by atomic mass is 9.51. The first kappa shape index (κ1) is 33.5. The minimum atomic E-state index is -1.39. The van der Waals surface area contributed by atoms with Gasteiger partial charge in [0.05, 0.1) is 42.3 Å². The van der Waals surface area contributed by atoms with Gasteiger partial charge in [0.2, 0.25) is 23.6 Å². The largest absolute Gasteiger partial charge is 0.507 e. The molecular weight excluding hydrogens is 692 g/mol. The number of aryl methyl sites for hydroxylation is 2. The predicted octanol–water partition coefficient (Wildman–Crippen LogP) is 6.24. The summed E-state index contributed by atoms with van der Waals surface area (Å²) in [6, 6.07) is 10.6. The number of hydrogen-bond donors (Lipinski definition) is 1. The molecule has 3 fully saturated rings. The third-order valence-electron chi connectivity index (χ3n) is 11.7. The Kier molecular flexibility index (Phi) is 7.66. The van der Waals surface area contributed by atoms with Gasteiger partial charge in [0, 0.05) is 53.0 Å². The zero-order chi connectivity index (χ0) is 36.3. The van der Waals surface area contributed by atoms with Crippen molar-refractivity contribution in [3.63, 3.8) is 0 Å². The molecule has 1 N–H and O–H groups in total. The first-order valence-electron chi connectivity index (χ1n) is 17.0. The first-order valence-corrected chi connectivity index (χ1v) is 18.2. The van der Waals surface area contributed by atoms with Gasteiger partial charge in [0.1, 0.15) is 28.8 Å². The lowest BCUT2D eigenvalue weighted by Crippen LogP contribution is -2.49. The van der Waals surface area contributed by atoms with Crippen molar-refractivity contribution in [1.29, 1.82) is 0 Å². The molecule has 4 heterocycles. The molecule has 2 aliphatic carbocycles. The number of halogens is 1. The molecule has 8 rings (SSSR count). The van der Waals surface area contributed by atoms with E-state index in [-0.39, 0.29) is 36.3 Å². The molecule has 0 unspecified atom stereocenters. The zero-order valence-corrected chi connectivity index (χ0v) is 30.6. The molecule has 2 saturated heterocycles. The molecule has 264 valence electrons. The van der Waals surface area contributed by atoms with Gasteiger partial charge in [-0.15, -0.1) is 11.3 Å². The van der Waals surface area contributed by atoms with Crippen LogP contribution in [0.2, 0.25) is 5.02 Å². The number of amides is 4. The van der Waals surface area contributed by atoms with E-state index in [9.17, 15) is 19.5 Å². The van der Waals surface area contributed by atoms with Gasteiger partial charge in [-0.2, -0.15) is 5.10 Å². The number of anilines is 1. The number of phenols is 1. The summed E-state index contributed by atoms with van der Waals surface area (Å²) in [7, 11) is 4.65. The second-order valence-electron chi connectivity index (χ2n) is 14.1. The van der Waals surface area contributed by atoms with Gasteiger partial charge in [0.25, 0.3) is 0 Å². The molecule has 13 heteroatoms. The number of rotatable bonds is 6. The van der Waals surface area contributed by atoms with Crippen molar-refractivity contribution < 1.29 is 33.8 Å². The number of methoxy groups -OCH3 is 2. The Bertz CT molecular complexity index is 2240. The van der Waals surface area contributed by atoms with Crippen LogP contribution in [0.3, 0.4) is 0 Å². The summed E-state index contributed by atoms with van der Waals surface area (Å²) in [5, 5.41) is 18.1. The zero-order valence-electron chi connectivity index (χ0n) is 29.0. The van der Waals surface area contributed by atoms with E-state index in [2.05, 4.69) is 0 Å². The van der Waals surface area contributed by atoms with Crippen molar-refractivity contribution in [2.75, 3.05) is 25.7 Å². The van der Waals surface area contributed by atoms with Crippen LogP contribution in [0, 0.1) is 36.0 Å². The molecule has 4 aromatic rings. The molecule has 51 heavy (non-hydrogen) atoms. The minimum Gasteiger partial charge on any atom is -0.507 e. The summed E-state index contributed by atoms with van der Waals surface area (Å²) < 4.78 is 13.8. The summed E-state index contributed by atoms with van der Waals surface area (Å²) in [5.41, 5.74) is 1.30. The maximum atomic E-state index is 15.1. The Morgan fingerprint density at radius 1 is 1.04 bits per heavy atom. The number of carbonyl (C=O) groups excluding carboxylic acids is 4. The molecule has 0 bridgehead atoms. The van der Waals surface area contributed by atoms with Crippen LogP contribution in [0.15, 0.2) is 48.0 Å². The van der Waals surface area contributed by atoms with Crippen molar-refractivity contribution in [2.24, 2.45) is 36.1 Å². The molecule has 2 aromatic carbocycles. The number of aromatic nitrogens is 2. The van der Waals surface area contributed by atoms with Crippen molar-refractivity contribution >= 4 is 62.5 Å². The highest BCUT2D eigenvalue weighted by atomic mass is 35.5. The molecular formula is C38H37ClN4O7S. The van der Waals surface area contributed by atoms with Crippen molar-refractivity contribution in [3.8, 4) is 27.8 Å². The summed E-state index contributed by atoms with van der Waals surface area (Å²) in [5.74, 6) is -4.03. The summed E-state index contributed by atoms with van der Waals surface area (Å²) in [4.78, 5) is 60.6. The Labute approximate surface area is 303 Å². The van der Waals surface area contributed by atoms with Gasteiger partial charge in [-0.25, -0.2) is 4.90 Å². The molecule has 4 aliphatic rings. The Hall–Kier alpha value is -4.68. The fourth-order valence-electron chi connectivity index (χ4n) is 9.30. The number of likely N-dealkylation sites (tertiary alicyclic amines) is 1. The van der Waals surface area contributed by atoms with Crippen LogP contribution in [0.1, 0.15) is 43.7 Å². The number of carbonyl (C=O) groups is 4. The fraction of sp³-hybridized carbons (Fsp3) is 0.395. The maximum absolute atomic E-state index is 15.1. The molecule has 4 amide bonds. The third kappa shape index (κ3) is 4.51. The molecule has 0 radical (unpaired) electrons. The van der Waals surface area contributed by atoms with Crippen LogP contribution in [0.25, 0.3) is 20.7 Å². The van der Waals surface area contributed by atoms with Crippen LogP contribution in [0.4, 0.5) is 5.82 Å². The van der Waals surface area contributed by atoms with Gasteiger partial charge in [-0.3, -0.25) is 28.8 Å². The van der Waals surface area contributed by atoms with Crippen LogP contribution in [-0.4, -0.2) is 64.2 Å². The van der Waals surface area contributed by atoms with E-state index in [1.165, 1.54) is 30.1 Å². The third-order valence-corrected chi connectivity index (χ3v) is 13.3. The average Bonchev–Trinajstić information content (AvgIpc) is 3.78. The number of allylic oxidation sites excluding steroid dienone is 2. The molecule has 0 spiro atoms. The summed E-state index contributed by atoms with van der Waals surface area (Å²) in [6.45, 7) is 5.80. The number of ether oxygens (including phenoxy) is 2. The standard InChI is InChI=1S/C38H37ClN4O7S/c1-7-42-34(45)21-10-9-20-23(30(21)36(42)47)15-24-35(46)43(37(48)38(24,3)32(20)31-26(44)13-19(49-5)14-27(31)50-6)29-16-25(40-41(29)4)33-17(2)22-12-18(39)8-11-28(22)51-33/h8-9,11-14,16,21,23-24,30,32,44H,7,10,15H2,1-6H3/t21-,23+,24-,30-,32+,38+/m0/s1. The maximum Gasteiger partial charge on any atom is 0.242 e. The highest BCUT2D eigenvalue weighted by Gasteiger charge is 2.68. The van der Waals surface area contributed by atoms with Gasteiger partial charge < -0.3 is 14.6 Å². The number of hydrogen-bond acceptors (Lipinski definition) is 9. The van der Waals surface area contributed by atoms with Gasteiger partial charge in [-0.05, 0) is 68.7 Å². The van der Waals surface area contributed by atoms with Gasteiger partial charge in [0.15, 0.2) is 0 Å². The SMILES string of the molecule is CCN1C(=O)[C@H]2[C@H](CC=C3[C@H]2C[C@H]2C(=O)N(c4cc(-c5sc6ccc(Cl)cc6c5C)nn4C)C(=O)[C@@]2(C)[C@H]3c2c(O)cc(OC)cc2OC)C1=O. The fourth-order valence-corrected chi connectivity index (χ4v) is 10.6. The lowest BCUT2D eigenvalue weighted by molar-refractivity contribution is -0.140. The first-order chi connectivity index (χ1) is 24.3. The Morgan fingerprint density at radius 2 is 1.80 bits per heavy atom. The molecule has 2 aliphatic heterocycles. The smallest absolute Gasteiger partial charge is 0.242 e. The number of phenolic OH excluding ortho intramolecular Hbond substituents is 1. The number of benzene rings is 2. The Morgan fingerprint density at radius 3 is 2.51 bits per heavy atom. The summed E-state index contributed by atoms with van der Waals surface area (Å²) in [6.07, 6.45) is 2.45. The monoisotopic (exact) mass is 728 g/mol. The average molecular weight is 729 g/mol. The predicted molar refractivity (Wildman–Crippen MR) is 192 cm³/mol. The number of fused-ring (bicyclic) bond motifs is 5. The number of thiophene rings is 1. The summed E-state index contributed by atoms with van der Waals surface area (Å²) >= 11 is 7.86. The molecule has 1 saturated carbocycles. The Balaban J connectivity index is 1.29. The van der Waals surface area contributed by atoms with E-state index in [0.717, 1.165) is 26.1 Å². The minimum absolute atomic E-state index is 0.161. The van der Waals surface area contributed by atoms with Gasteiger partial charge in [-0.1, -0.05) is 23.3 Å². The van der Waals surface area contributed by atoms with Gasteiger partial charge >= 0.3 is 0 Å². The quantitative estimate of drug-likeness (QED) is 0.183. The van der Waals surface area contributed by atoms with Crippen LogP contribution in [-0.2, 0) is 26.2 Å². The van der Waals surface area contributed by atoms with Crippen LogP contribution < -0.4 is 14.4 Å². The molecule has 6 atom stereocenters. The van der Waals surface area contributed by atoms with Crippen molar-refractivity contribution in [1.82, 2.24) is 14.7 Å². The van der Waals surface area contributed by atoms with E-state index in [1.54, 1.807) is 49.0 Å². The highest BCUT2D eigenvalue weighted by Crippen LogP contribution is 2.65. The van der Waals surface area contributed by atoms with Crippen LogP contribution >= 0.6 is 22.9 Å². The van der Waals surface area contributed by atoms with E-state index >= 15 is 4.79 Å². The second kappa shape index (κ2) is 11.7. The van der Waals surface area contributed by atoms with Crippen molar-refractivity contribution in [3.05, 3.63) is 64.2 Å². The second-order valence-corrected chi connectivity index (χ2v) is 15.5. The van der Waals surface area contributed by atoms with E-state index in [0.29, 0.717) is 34.3 Å². The lowest BCUT2D eigenvalue weighted by Gasteiger charge is -2.49. The van der Waals surface area contributed by atoms with Crippen LogP contribution in [0.5, 0.6) is 17.2 Å². The number of aromatic hydroxyl groups is 1. The topological polar surface area (TPSA) is 131 Å². The van der Waals surface area contributed by atoms with E-state index in [4.69, 9.17) is 26.2 Å².